The molecule has 0 atom stereocenters. The van der Waals surface area contributed by atoms with Crippen LogP contribution in [0.2, 0.25) is 0 Å². The standard InChI is InChI=1S/C13H14F2N2O3S/c1-2-17(8-10-4-3-5-20-10)21(18,19)12-7-9(16)6-11(14)13(12)15/h3-7H,2,8,16H2,1H3. The Morgan fingerprint density at radius 1 is 1.33 bits per heavy atom. The van der Waals surface area contributed by atoms with Gasteiger partial charge in [0.1, 0.15) is 10.7 Å². The van der Waals surface area contributed by atoms with Gasteiger partial charge in [0.2, 0.25) is 10.0 Å². The molecule has 1 aromatic carbocycles. The molecule has 0 aliphatic carbocycles. The highest BCUT2D eigenvalue weighted by Gasteiger charge is 2.29. The number of nitrogen functional groups attached to an aromatic ring is 1. The monoisotopic (exact) mass is 316 g/mol. The summed E-state index contributed by atoms with van der Waals surface area (Å²) in [7, 11) is -4.22. The van der Waals surface area contributed by atoms with Gasteiger partial charge in [-0.25, -0.2) is 17.2 Å². The van der Waals surface area contributed by atoms with Gasteiger partial charge in [0, 0.05) is 12.2 Å². The second-order valence-corrected chi connectivity index (χ2v) is 6.23. The van der Waals surface area contributed by atoms with Crippen LogP contribution in [0.3, 0.4) is 0 Å². The lowest BCUT2D eigenvalue weighted by Crippen LogP contribution is -2.31. The quantitative estimate of drug-likeness (QED) is 0.859. The molecule has 0 saturated carbocycles. The molecule has 0 radical (unpaired) electrons. The van der Waals surface area contributed by atoms with Gasteiger partial charge in [-0.2, -0.15) is 4.31 Å². The lowest BCUT2D eigenvalue weighted by Gasteiger charge is -2.20. The predicted molar refractivity (Wildman–Crippen MR) is 72.7 cm³/mol. The highest BCUT2D eigenvalue weighted by Crippen LogP contribution is 2.25. The molecule has 21 heavy (non-hydrogen) atoms. The number of nitrogens with two attached hydrogens (primary N) is 1. The van der Waals surface area contributed by atoms with Crippen molar-refractivity contribution in [1.82, 2.24) is 4.31 Å². The first-order chi connectivity index (χ1) is 9.86. The minimum Gasteiger partial charge on any atom is -0.468 e. The zero-order chi connectivity index (χ0) is 15.6. The third-order valence-electron chi connectivity index (χ3n) is 2.90. The molecule has 0 unspecified atom stereocenters. The van der Waals surface area contributed by atoms with Gasteiger partial charge >= 0.3 is 0 Å². The molecule has 8 heteroatoms. The van der Waals surface area contributed by atoms with E-state index in [1.807, 2.05) is 0 Å². The first-order valence-electron chi connectivity index (χ1n) is 6.13. The second-order valence-electron chi connectivity index (χ2n) is 4.33. The Balaban J connectivity index is 2.44. The van der Waals surface area contributed by atoms with Gasteiger partial charge in [-0.3, -0.25) is 0 Å². The molecule has 2 aromatic rings. The molecule has 5 nitrogen and oxygen atoms in total. The Morgan fingerprint density at radius 3 is 2.62 bits per heavy atom. The molecule has 1 aromatic heterocycles. The molecule has 0 amide bonds. The summed E-state index contributed by atoms with van der Waals surface area (Å²) in [5.74, 6) is -2.35. The van der Waals surface area contributed by atoms with E-state index >= 15 is 0 Å². The molecular formula is C13H14F2N2O3S. The Bertz CT molecular complexity index is 730. The summed E-state index contributed by atoms with van der Waals surface area (Å²) in [6, 6.07) is 4.83. The summed E-state index contributed by atoms with van der Waals surface area (Å²) < 4.78 is 58.1. The molecule has 0 spiro atoms. The molecular weight excluding hydrogens is 302 g/mol. The van der Waals surface area contributed by atoms with Crippen molar-refractivity contribution in [3.63, 3.8) is 0 Å². The predicted octanol–water partition coefficient (Wildman–Crippen LogP) is 2.35. The van der Waals surface area contributed by atoms with E-state index in [0.717, 1.165) is 16.4 Å². The van der Waals surface area contributed by atoms with E-state index in [1.54, 1.807) is 19.1 Å². The van der Waals surface area contributed by atoms with Crippen molar-refractivity contribution in [1.29, 1.82) is 0 Å². The number of halogens is 2. The average Bonchev–Trinajstić information content (AvgIpc) is 2.92. The maximum atomic E-state index is 13.8. The number of furan rings is 1. The van der Waals surface area contributed by atoms with Crippen molar-refractivity contribution >= 4 is 15.7 Å². The summed E-state index contributed by atoms with van der Waals surface area (Å²) in [6.07, 6.45) is 1.40. The maximum absolute atomic E-state index is 13.8. The highest BCUT2D eigenvalue weighted by atomic mass is 32.2. The summed E-state index contributed by atoms with van der Waals surface area (Å²) in [4.78, 5) is -0.784. The number of sulfonamides is 1. The van der Waals surface area contributed by atoms with Gasteiger partial charge in [0.25, 0.3) is 0 Å². The van der Waals surface area contributed by atoms with Crippen LogP contribution in [0.15, 0.2) is 39.8 Å². The Morgan fingerprint density at radius 2 is 2.05 bits per heavy atom. The van der Waals surface area contributed by atoms with Gasteiger partial charge in [0.05, 0.1) is 12.8 Å². The van der Waals surface area contributed by atoms with Crippen molar-refractivity contribution < 1.29 is 21.6 Å². The van der Waals surface area contributed by atoms with Crippen LogP contribution in [0.25, 0.3) is 0 Å². The van der Waals surface area contributed by atoms with Crippen LogP contribution in [-0.4, -0.2) is 19.3 Å². The largest absolute Gasteiger partial charge is 0.468 e. The molecule has 0 bridgehead atoms. The zero-order valence-electron chi connectivity index (χ0n) is 11.2. The SMILES string of the molecule is CCN(Cc1ccco1)S(=O)(=O)c1cc(N)cc(F)c1F. The van der Waals surface area contributed by atoms with Crippen LogP contribution < -0.4 is 5.73 Å². The molecule has 1 heterocycles. The van der Waals surface area contributed by atoms with E-state index in [4.69, 9.17) is 10.2 Å². The zero-order valence-corrected chi connectivity index (χ0v) is 12.0. The molecule has 2 N–H and O–H groups in total. The third kappa shape index (κ3) is 3.06. The normalized spacial score (nSPS) is 12.0. The number of benzene rings is 1. The van der Waals surface area contributed by atoms with Crippen LogP contribution in [0.5, 0.6) is 0 Å². The molecule has 114 valence electrons. The van der Waals surface area contributed by atoms with Gasteiger partial charge in [-0.05, 0) is 24.3 Å². The van der Waals surface area contributed by atoms with Crippen molar-refractivity contribution in [2.75, 3.05) is 12.3 Å². The summed E-state index contributed by atoms with van der Waals surface area (Å²) in [5, 5.41) is 0. The van der Waals surface area contributed by atoms with E-state index in [2.05, 4.69) is 0 Å². The van der Waals surface area contributed by atoms with Crippen LogP contribution in [0, 0.1) is 11.6 Å². The maximum Gasteiger partial charge on any atom is 0.246 e. The average molecular weight is 316 g/mol. The molecule has 0 aliphatic rings. The van der Waals surface area contributed by atoms with Crippen LogP contribution in [-0.2, 0) is 16.6 Å². The van der Waals surface area contributed by atoms with E-state index in [-0.39, 0.29) is 18.8 Å². The summed E-state index contributed by atoms with van der Waals surface area (Å²) in [6.45, 7) is 1.57. The highest BCUT2D eigenvalue weighted by molar-refractivity contribution is 7.89. The van der Waals surface area contributed by atoms with Crippen LogP contribution >= 0.6 is 0 Å². The fourth-order valence-electron chi connectivity index (χ4n) is 1.85. The van der Waals surface area contributed by atoms with Crippen molar-refractivity contribution in [3.05, 3.63) is 47.9 Å². The minimum atomic E-state index is -4.22. The number of hydrogen-bond donors (Lipinski definition) is 1. The molecule has 0 aliphatic heterocycles. The smallest absolute Gasteiger partial charge is 0.246 e. The summed E-state index contributed by atoms with van der Waals surface area (Å²) in [5.41, 5.74) is 5.23. The molecule has 2 rings (SSSR count). The number of hydrogen-bond acceptors (Lipinski definition) is 4. The van der Waals surface area contributed by atoms with Crippen LogP contribution in [0.4, 0.5) is 14.5 Å². The second kappa shape index (κ2) is 5.82. The summed E-state index contributed by atoms with van der Waals surface area (Å²) >= 11 is 0. The first kappa shape index (κ1) is 15.5. The first-order valence-corrected chi connectivity index (χ1v) is 7.57. The fraction of sp³-hybridized carbons (Fsp3) is 0.231. The molecule has 0 fully saturated rings. The number of anilines is 1. The Kier molecular flexibility index (Phi) is 4.29. The van der Waals surface area contributed by atoms with Crippen LogP contribution in [0.1, 0.15) is 12.7 Å². The van der Waals surface area contributed by atoms with E-state index in [0.29, 0.717) is 5.76 Å². The topological polar surface area (TPSA) is 76.5 Å². The van der Waals surface area contributed by atoms with Crippen molar-refractivity contribution in [2.45, 2.75) is 18.4 Å². The lowest BCUT2D eigenvalue weighted by molar-refractivity contribution is 0.372. The van der Waals surface area contributed by atoms with E-state index in [1.165, 1.54) is 6.26 Å². The Hall–Kier alpha value is -1.93. The fourth-order valence-corrected chi connectivity index (χ4v) is 3.38. The third-order valence-corrected chi connectivity index (χ3v) is 4.82. The number of nitrogens with zero attached hydrogens (tertiary/aromatic N) is 1. The van der Waals surface area contributed by atoms with Gasteiger partial charge < -0.3 is 10.2 Å². The van der Waals surface area contributed by atoms with Gasteiger partial charge in [-0.15, -0.1) is 0 Å². The number of rotatable bonds is 5. The molecule has 0 saturated heterocycles. The lowest BCUT2D eigenvalue weighted by atomic mass is 10.3. The minimum absolute atomic E-state index is 0.0683. The van der Waals surface area contributed by atoms with Crippen molar-refractivity contribution in [3.8, 4) is 0 Å². The van der Waals surface area contributed by atoms with Gasteiger partial charge in [-0.1, -0.05) is 6.92 Å². The van der Waals surface area contributed by atoms with E-state index in [9.17, 15) is 17.2 Å². The van der Waals surface area contributed by atoms with Crippen molar-refractivity contribution in [2.24, 2.45) is 0 Å². The van der Waals surface area contributed by atoms with Gasteiger partial charge in [0.15, 0.2) is 11.6 Å². The van der Waals surface area contributed by atoms with E-state index < -0.39 is 26.6 Å². The Labute approximate surface area is 121 Å².